The van der Waals surface area contributed by atoms with Crippen molar-refractivity contribution in [2.45, 2.75) is 11.1 Å². The molecule has 2 aromatic carbocycles. The number of allylic oxidation sites excluding steroid dienone is 4. The molecule has 0 saturated carbocycles. The minimum atomic E-state index is -0.386. The fourth-order valence-electron chi connectivity index (χ4n) is 2.67. The highest BCUT2D eigenvalue weighted by atomic mass is 28.2. The van der Waals surface area contributed by atoms with Crippen molar-refractivity contribution in [2.75, 3.05) is 0 Å². The summed E-state index contributed by atoms with van der Waals surface area (Å²) in [5.41, 5.74) is 0.946. The summed E-state index contributed by atoms with van der Waals surface area (Å²) >= 11 is 0. The van der Waals surface area contributed by atoms with Crippen molar-refractivity contribution < 1.29 is 0 Å². The van der Waals surface area contributed by atoms with E-state index in [0.29, 0.717) is 11.1 Å². The predicted octanol–water partition coefficient (Wildman–Crippen LogP) is 2.75. The Morgan fingerprint density at radius 2 is 1.05 bits per heavy atom. The summed E-state index contributed by atoms with van der Waals surface area (Å²) in [5, 5.41) is 5.62. The zero-order valence-corrected chi connectivity index (χ0v) is 16.0. The Bertz CT molecular complexity index is 627. The Balaban J connectivity index is 2.29. The molecule has 22 heavy (non-hydrogen) atoms. The summed E-state index contributed by atoms with van der Waals surface area (Å²) in [4.78, 5) is 0. The number of hydrogen-bond acceptors (Lipinski definition) is 0. The molecule has 0 unspecified atom stereocenters. The summed E-state index contributed by atoms with van der Waals surface area (Å²) in [6.45, 7) is 15.6. The molecule has 0 radical (unpaired) electrons. The van der Waals surface area contributed by atoms with Crippen LogP contribution in [0, 0.1) is 0 Å². The number of hydrogen-bond donors (Lipinski definition) is 0. The van der Waals surface area contributed by atoms with E-state index in [1.165, 1.54) is 21.1 Å². The number of rotatable bonds is 8. The maximum atomic E-state index is 3.91. The summed E-state index contributed by atoms with van der Waals surface area (Å²) in [6, 6.07) is 13.7. The highest BCUT2D eigenvalue weighted by Gasteiger charge is 2.06. The summed E-state index contributed by atoms with van der Waals surface area (Å²) in [6.07, 6.45) is 8.08. The second-order valence-corrected chi connectivity index (χ2v) is 10.0. The average molecular weight is 321 g/mol. The zero-order chi connectivity index (χ0) is 15.9. The molecule has 0 amide bonds. The molecule has 2 heteroatoms. The van der Waals surface area contributed by atoms with Crippen molar-refractivity contribution in [1.82, 2.24) is 0 Å². The van der Waals surface area contributed by atoms with Crippen molar-refractivity contribution >= 4 is 40.2 Å². The second kappa shape index (κ2) is 7.92. The number of benzene rings is 2. The molecule has 0 spiro atoms. The van der Waals surface area contributed by atoms with Crippen LogP contribution in [0.5, 0.6) is 0 Å². The van der Waals surface area contributed by atoms with Gasteiger partial charge in [0.05, 0.1) is 19.0 Å². The van der Waals surface area contributed by atoms with E-state index >= 15 is 0 Å². The smallest absolute Gasteiger partial charge is 0.0663 e. The van der Waals surface area contributed by atoms with Gasteiger partial charge < -0.3 is 0 Å². The summed E-state index contributed by atoms with van der Waals surface area (Å²) in [5.74, 6) is 0. The van der Waals surface area contributed by atoms with Gasteiger partial charge in [0.1, 0.15) is 0 Å². The van der Waals surface area contributed by atoms with Crippen molar-refractivity contribution in [3.8, 4) is 0 Å². The largest absolute Gasteiger partial charge is 0.103 e. The number of fused-ring (bicyclic) bond motifs is 1. The standard InChI is InChI=1S/C20H24Si2/c1-5-17(6-2)21-19-11-9-15-10-12-20(14-16(15)13-19)22-18(7-3)8-4/h5-14,17-18H,1-4,21-22H2. The van der Waals surface area contributed by atoms with Crippen LogP contribution in [0.15, 0.2) is 87.0 Å². The van der Waals surface area contributed by atoms with E-state index in [4.69, 9.17) is 0 Å². The quantitative estimate of drug-likeness (QED) is 0.518. The van der Waals surface area contributed by atoms with Gasteiger partial charge in [-0.1, -0.05) is 71.1 Å². The Morgan fingerprint density at radius 3 is 1.41 bits per heavy atom. The van der Waals surface area contributed by atoms with Crippen LogP contribution in [0.2, 0.25) is 11.1 Å². The van der Waals surface area contributed by atoms with Gasteiger partial charge in [-0.05, 0) is 21.9 Å². The van der Waals surface area contributed by atoms with Gasteiger partial charge in [0.15, 0.2) is 0 Å². The third kappa shape index (κ3) is 4.06. The van der Waals surface area contributed by atoms with Crippen LogP contribution in [0.25, 0.3) is 10.8 Å². The SMILES string of the molecule is C=CC(C=C)[SiH2]c1ccc2ccc([SiH2]C(C=C)C=C)cc2c1. The molecule has 2 aromatic rings. The van der Waals surface area contributed by atoms with Gasteiger partial charge >= 0.3 is 0 Å². The zero-order valence-electron chi connectivity index (χ0n) is 13.2. The molecule has 112 valence electrons. The van der Waals surface area contributed by atoms with Crippen LogP contribution in [0.3, 0.4) is 0 Å². The van der Waals surface area contributed by atoms with E-state index in [2.05, 4.69) is 62.7 Å². The Labute approximate surface area is 138 Å². The van der Waals surface area contributed by atoms with Gasteiger partial charge in [0.25, 0.3) is 0 Å². The van der Waals surface area contributed by atoms with Gasteiger partial charge in [0, 0.05) is 0 Å². The van der Waals surface area contributed by atoms with Crippen molar-refractivity contribution in [1.29, 1.82) is 0 Å². The summed E-state index contributed by atoms with van der Waals surface area (Å²) < 4.78 is 0. The topological polar surface area (TPSA) is 0 Å². The van der Waals surface area contributed by atoms with Crippen LogP contribution in [-0.2, 0) is 0 Å². The van der Waals surface area contributed by atoms with E-state index in [0.717, 1.165) is 0 Å². The van der Waals surface area contributed by atoms with Crippen molar-refractivity contribution in [2.24, 2.45) is 0 Å². The molecule has 0 nitrogen and oxygen atoms in total. The van der Waals surface area contributed by atoms with Gasteiger partial charge in [-0.25, -0.2) is 0 Å². The lowest BCUT2D eigenvalue weighted by atomic mass is 10.1. The van der Waals surface area contributed by atoms with Crippen LogP contribution >= 0.6 is 0 Å². The lowest BCUT2D eigenvalue weighted by molar-refractivity contribution is 1.38. The van der Waals surface area contributed by atoms with Crippen LogP contribution in [0.1, 0.15) is 0 Å². The molecule has 0 atom stereocenters. The molecule has 0 heterocycles. The Kier molecular flexibility index (Phi) is 5.93. The Hall–Kier alpha value is -1.91. The van der Waals surface area contributed by atoms with Gasteiger partial charge in [-0.2, -0.15) is 0 Å². The normalized spacial score (nSPS) is 11.9. The molecule has 0 aliphatic rings. The van der Waals surface area contributed by atoms with Crippen LogP contribution in [0.4, 0.5) is 0 Å². The fraction of sp³-hybridized carbons (Fsp3) is 0.100. The minimum absolute atomic E-state index is 0.386. The molecule has 2 rings (SSSR count). The lowest BCUT2D eigenvalue weighted by Gasteiger charge is -2.10. The maximum Gasteiger partial charge on any atom is 0.0663 e. The highest BCUT2D eigenvalue weighted by Crippen LogP contribution is 2.13. The Morgan fingerprint density at radius 1 is 0.636 bits per heavy atom. The van der Waals surface area contributed by atoms with Gasteiger partial charge in [-0.15, -0.1) is 26.3 Å². The van der Waals surface area contributed by atoms with E-state index in [1.807, 2.05) is 24.3 Å². The van der Waals surface area contributed by atoms with E-state index in [9.17, 15) is 0 Å². The highest BCUT2D eigenvalue weighted by molar-refractivity contribution is 6.57. The molecule has 0 bridgehead atoms. The monoisotopic (exact) mass is 320 g/mol. The molecule has 0 aliphatic heterocycles. The van der Waals surface area contributed by atoms with E-state index < -0.39 is 0 Å². The minimum Gasteiger partial charge on any atom is -0.103 e. The first-order chi connectivity index (χ1) is 10.7. The molecule has 0 aromatic heterocycles. The van der Waals surface area contributed by atoms with Gasteiger partial charge in [0.2, 0.25) is 0 Å². The molecule has 0 saturated heterocycles. The first-order valence-corrected chi connectivity index (χ1v) is 10.8. The fourth-order valence-corrected chi connectivity index (χ4v) is 5.61. The van der Waals surface area contributed by atoms with Crippen LogP contribution in [-0.4, -0.2) is 19.0 Å². The molecule has 0 fully saturated rings. The molecule has 0 N–H and O–H groups in total. The molecular formula is C20H24Si2. The summed E-state index contributed by atoms with van der Waals surface area (Å²) in [7, 11) is -0.772. The van der Waals surface area contributed by atoms with Crippen LogP contribution < -0.4 is 10.4 Å². The lowest BCUT2D eigenvalue weighted by Crippen LogP contribution is -2.19. The van der Waals surface area contributed by atoms with E-state index in [-0.39, 0.29) is 19.0 Å². The van der Waals surface area contributed by atoms with E-state index in [1.54, 1.807) is 0 Å². The first kappa shape index (κ1) is 16.5. The average Bonchev–Trinajstić information content (AvgIpc) is 2.57. The predicted molar refractivity (Wildman–Crippen MR) is 109 cm³/mol. The third-order valence-corrected chi connectivity index (χ3v) is 8.22. The third-order valence-electron chi connectivity index (χ3n) is 4.12. The first-order valence-electron chi connectivity index (χ1n) is 7.72. The maximum absolute atomic E-state index is 3.91. The molecule has 0 aliphatic carbocycles. The van der Waals surface area contributed by atoms with Crippen molar-refractivity contribution in [3.05, 3.63) is 87.0 Å². The van der Waals surface area contributed by atoms with Gasteiger partial charge in [-0.3, -0.25) is 0 Å². The second-order valence-electron chi connectivity index (χ2n) is 5.69. The molecular weight excluding hydrogens is 296 g/mol. The van der Waals surface area contributed by atoms with Crippen molar-refractivity contribution in [3.63, 3.8) is 0 Å².